The molecular weight excluding hydrogens is 393 g/mol. The lowest BCUT2D eigenvalue weighted by Crippen LogP contribution is -2.69. The molecule has 0 unspecified atom stereocenters. The molecular formula is C25H26FN3O2. The number of nitrogens with zero attached hydrogens (tertiary/aromatic N) is 3. The van der Waals surface area contributed by atoms with Crippen molar-refractivity contribution in [2.75, 3.05) is 6.54 Å². The maximum atomic E-state index is 13.8. The maximum Gasteiger partial charge on any atom is 0.229 e. The summed E-state index contributed by atoms with van der Waals surface area (Å²) in [7, 11) is 0. The largest absolute Gasteiger partial charge is 0.391 e. The van der Waals surface area contributed by atoms with E-state index in [-0.39, 0.29) is 28.6 Å². The fourth-order valence-electron chi connectivity index (χ4n) is 6.42. The Morgan fingerprint density at radius 1 is 1.23 bits per heavy atom. The summed E-state index contributed by atoms with van der Waals surface area (Å²) in [5.74, 6) is -0.182. The molecule has 4 fully saturated rings. The van der Waals surface area contributed by atoms with Gasteiger partial charge in [-0.25, -0.2) is 4.39 Å². The smallest absolute Gasteiger partial charge is 0.229 e. The van der Waals surface area contributed by atoms with E-state index in [1.54, 1.807) is 11.0 Å². The van der Waals surface area contributed by atoms with Crippen LogP contribution in [0.3, 0.4) is 0 Å². The zero-order chi connectivity index (χ0) is 21.4. The maximum absolute atomic E-state index is 13.8. The van der Waals surface area contributed by atoms with Gasteiger partial charge in [-0.2, -0.15) is 5.10 Å². The van der Waals surface area contributed by atoms with E-state index in [0.717, 1.165) is 42.3 Å². The van der Waals surface area contributed by atoms with Crippen LogP contribution in [0.15, 0.2) is 48.7 Å². The van der Waals surface area contributed by atoms with Gasteiger partial charge in [-0.3, -0.25) is 9.48 Å². The highest BCUT2D eigenvalue weighted by molar-refractivity contribution is 5.87. The number of aryl methyl sites for hydroxylation is 1. The highest BCUT2D eigenvalue weighted by Gasteiger charge is 2.72. The molecule has 2 atom stereocenters. The Balaban J connectivity index is 1.18. The predicted octanol–water partition coefficient (Wildman–Crippen LogP) is 3.99. The summed E-state index contributed by atoms with van der Waals surface area (Å²) in [4.78, 5) is 15.3. The number of β-amino-alcohol motifs (C(OH)–C–C–N with tert-alkyl or cyclic N) is 1. The molecule has 1 N–H and O–H groups in total. The fourth-order valence-corrected chi connectivity index (χ4v) is 6.42. The molecule has 0 spiro atoms. The van der Waals surface area contributed by atoms with Crippen LogP contribution in [-0.2, 0) is 11.3 Å². The molecule has 1 saturated heterocycles. The van der Waals surface area contributed by atoms with Crippen molar-refractivity contribution in [3.63, 3.8) is 0 Å². The molecule has 7 rings (SSSR count). The number of likely N-dealkylation sites (tertiary alicyclic amines) is 1. The normalized spacial score (nSPS) is 31.5. The van der Waals surface area contributed by atoms with E-state index in [4.69, 9.17) is 0 Å². The van der Waals surface area contributed by atoms with Crippen LogP contribution in [0.5, 0.6) is 0 Å². The molecule has 1 aliphatic heterocycles. The van der Waals surface area contributed by atoms with Gasteiger partial charge in [-0.15, -0.1) is 0 Å². The first-order valence-corrected chi connectivity index (χ1v) is 11.0. The van der Waals surface area contributed by atoms with Crippen molar-refractivity contribution >= 4 is 16.8 Å². The van der Waals surface area contributed by atoms with Crippen molar-refractivity contribution in [3.05, 3.63) is 65.6 Å². The molecule has 4 aliphatic rings. The van der Waals surface area contributed by atoms with Gasteiger partial charge in [0.1, 0.15) is 5.82 Å². The highest BCUT2D eigenvalue weighted by atomic mass is 19.1. The van der Waals surface area contributed by atoms with E-state index < -0.39 is 6.10 Å². The van der Waals surface area contributed by atoms with Crippen molar-refractivity contribution in [2.45, 2.75) is 51.3 Å². The zero-order valence-electron chi connectivity index (χ0n) is 17.6. The molecule has 1 amide bonds. The highest BCUT2D eigenvalue weighted by Crippen LogP contribution is 2.74. The van der Waals surface area contributed by atoms with Crippen LogP contribution < -0.4 is 0 Å². The van der Waals surface area contributed by atoms with E-state index in [0.29, 0.717) is 13.0 Å². The molecule has 2 heterocycles. The molecule has 2 aromatic carbocycles. The van der Waals surface area contributed by atoms with Crippen molar-refractivity contribution in [2.24, 2.45) is 10.8 Å². The van der Waals surface area contributed by atoms with Gasteiger partial charge in [0.05, 0.1) is 29.3 Å². The van der Waals surface area contributed by atoms with Crippen molar-refractivity contribution in [1.82, 2.24) is 14.7 Å². The summed E-state index contributed by atoms with van der Waals surface area (Å²) >= 11 is 0. The number of hydrogen-bond acceptors (Lipinski definition) is 3. The first kappa shape index (κ1) is 19.0. The number of benzene rings is 2. The Bertz CT molecular complexity index is 1180. The fraction of sp³-hybridized carbons (Fsp3) is 0.440. The first-order chi connectivity index (χ1) is 14.9. The standard InChI is InChI=1S/C25H26FN3O2/c1-16-5-6-21-18(7-16)10-27-29(21)15-24-12-25(13-24,14-24)23(31)28-11-20(30)9-22(28)17-3-2-4-19(26)8-17/h2-8,10,20,22,30H,9,11-15H2,1H3/t20-,22-,24?,25?/m0/s1. The Hall–Kier alpha value is -2.73. The van der Waals surface area contributed by atoms with Crippen LogP contribution in [0.4, 0.5) is 4.39 Å². The van der Waals surface area contributed by atoms with E-state index in [1.165, 1.54) is 17.7 Å². The summed E-state index contributed by atoms with van der Waals surface area (Å²) in [5.41, 5.74) is 2.97. The van der Waals surface area contributed by atoms with E-state index in [2.05, 4.69) is 34.9 Å². The van der Waals surface area contributed by atoms with Crippen molar-refractivity contribution < 1.29 is 14.3 Å². The van der Waals surface area contributed by atoms with Crippen LogP contribution in [-0.4, -0.2) is 38.3 Å². The number of halogens is 1. The molecule has 3 aliphatic carbocycles. The second kappa shape index (κ2) is 6.39. The van der Waals surface area contributed by atoms with Crippen molar-refractivity contribution in [3.8, 4) is 0 Å². The van der Waals surface area contributed by atoms with E-state index in [1.807, 2.05) is 12.3 Å². The summed E-state index contributed by atoms with van der Waals surface area (Å²) < 4.78 is 15.8. The quantitative estimate of drug-likeness (QED) is 0.696. The number of aromatic nitrogens is 2. The van der Waals surface area contributed by atoms with E-state index in [9.17, 15) is 14.3 Å². The van der Waals surface area contributed by atoms with Gasteiger partial charge in [0.2, 0.25) is 5.91 Å². The minimum Gasteiger partial charge on any atom is -0.391 e. The van der Waals surface area contributed by atoms with Crippen LogP contribution in [0.25, 0.3) is 10.9 Å². The van der Waals surface area contributed by atoms with Crippen LogP contribution in [0.2, 0.25) is 0 Å². The summed E-state index contributed by atoms with van der Waals surface area (Å²) in [6.45, 7) is 3.25. The monoisotopic (exact) mass is 419 g/mol. The molecule has 3 aromatic rings. The number of rotatable bonds is 4. The third-order valence-corrected chi connectivity index (χ3v) is 7.65. The lowest BCUT2D eigenvalue weighted by atomic mass is 9.34. The van der Waals surface area contributed by atoms with Gasteiger partial charge in [0, 0.05) is 18.5 Å². The summed E-state index contributed by atoms with van der Waals surface area (Å²) in [6, 6.07) is 12.5. The SMILES string of the molecule is Cc1ccc2c(cnn2CC23CC(C(=O)N4C[C@@H](O)C[C@H]4c4cccc(F)c4)(C2)C3)c1. The van der Waals surface area contributed by atoms with Gasteiger partial charge in [-0.05, 0) is 67.9 Å². The molecule has 3 saturated carbocycles. The molecule has 5 nitrogen and oxygen atoms in total. The Morgan fingerprint density at radius 3 is 2.81 bits per heavy atom. The second-order valence-corrected chi connectivity index (χ2v) is 10.1. The number of fused-ring (bicyclic) bond motifs is 1. The Morgan fingerprint density at radius 2 is 2.03 bits per heavy atom. The third-order valence-electron chi connectivity index (χ3n) is 7.65. The number of carbonyl (C=O) groups excluding carboxylic acids is 1. The van der Waals surface area contributed by atoms with Gasteiger partial charge in [0.15, 0.2) is 0 Å². The molecule has 160 valence electrons. The number of aliphatic hydroxyl groups excluding tert-OH is 1. The van der Waals surface area contributed by atoms with Gasteiger partial charge in [0.25, 0.3) is 0 Å². The van der Waals surface area contributed by atoms with E-state index >= 15 is 0 Å². The predicted molar refractivity (Wildman–Crippen MR) is 115 cm³/mol. The number of aliphatic hydroxyl groups is 1. The van der Waals surface area contributed by atoms with Gasteiger partial charge in [-0.1, -0.05) is 23.8 Å². The van der Waals surface area contributed by atoms with Crippen LogP contribution in [0, 0.1) is 23.6 Å². The average Bonchev–Trinajstić information content (AvgIpc) is 3.26. The van der Waals surface area contributed by atoms with Gasteiger partial charge < -0.3 is 10.0 Å². The lowest BCUT2D eigenvalue weighted by molar-refractivity contribution is -0.222. The van der Waals surface area contributed by atoms with Gasteiger partial charge >= 0.3 is 0 Å². The second-order valence-electron chi connectivity index (χ2n) is 10.1. The lowest BCUT2D eigenvalue weighted by Gasteiger charge is -2.70. The Kier molecular flexibility index (Phi) is 3.91. The zero-order valence-corrected chi connectivity index (χ0v) is 17.6. The summed E-state index contributed by atoms with van der Waals surface area (Å²) in [6.07, 6.45) is 4.44. The number of amides is 1. The molecule has 6 heteroatoms. The molecule has 0 radical (unpaired) electrons. The minimum absolute atomic E-state index is 0.126. The summed E-state index contributed by atoms with van der Waals surface area (Å²) in [5, 5.41) is 16.0. The topological polar surface area (TPSA) is 58.4 Å². The first-order valence-electron chi connectivity index (χ1n) is 11.0. The number of hydrogen-bond donors (Lipinski definition) is 1. The Labute approximate surface area is 180 Å². The number of carbonyl (C=O) groups is 1. The average molecular weight is 420 g/mol. The molecule has 31 heavy (non-hydrogen) atoms. The minimum atomic E-state index is -0.558. The van der Waals surface area contributed by atoms with Crippen LogP contribution >= 0.6 is 0 Å². The van der Waals surface area contributed by atoms with Crippen LogP contribution in [0.1, 0.15) is 42.9 Å². The van der Waals surface area contributed by atoms with Crippen molar-refractivity contribution in [1.29, 1.82) is 0 Å². The third kappa shape index (κ3) is 2.84. The molecule has 2 bridgehead atoms. The molecule has 1 aromatic heterocycles.